The Morgan fingerprint density at radius 1 is 1.11 bits per heavy atom. The van der Waals surface area contributed by atoms with Gasteiger partial charge in [0.15, 0.2) is 0 Å². The van der Waals surface area contributed by atoms with Crippen LogP contribution in [0.5, 0.6) is 0 Å². The zero-order chi connectivity index (χ0) is 20.1. The summed E-state index contributed by atoms with van der Waals surface area (Å²) >= 11 is 3.35. The molecule has 0 aromatic heterocycles. The Hall–Kier alpha value is -1.78. The summed E-state index contributed by atoms with van der Waals surface area (Å²) in [6.45, 7) is 1.61. The van der Waals surface area contributed by atoms with Gasteiger partial charge in [0, 0.05) is 11.0 Å². The minimum Gasteiger partial charge on any atom is -0.377 e. The molecule has 1 atom stereocenters. The third-order valence-electron chi connectivity index (χ3n) is 4.87. The van der Waals surface area contributed by atoms with Gasteiger partial charge in [-0.3, -0.25) is 4.31 Å². The number of rotatable bonds is 2. The molecule has 2 aliphatic heterocycles. The third-order valence-corrected chi connectivity index (χ3v) is 7.14. The van der Waals surface area contributed by atoms with E-state index in [1.165, 1.54) is 10.4 Å². The van der Waals surface area contributed by atoms with Crippen LogP contribution in [-0.2, 0) is 20.9 Å². The highest BCUT2D eigenvalue weighted by Crippen LogP contribution is 2.41. The number of morpholine rings is 1. The van der Waals surface area contributed by atoms with E-state index in [0.29, 0.717) is 36.0 Å². The average molecular weight is 477 g/mol. The predicted molar refractivity (Wildman–Crippen MR) is 102 cm³/mol. The predicted octanol–water partition coefficient (Wildman–Crippen LogP) is 3.88. The van der Waals surface area contributed by atoms with E-state index in [4.69, 9.17) is 4.74 Å². The number of fused-ring (bicyclic) bond motifs is 3. The fourth-order valence-corrected chi connectivity index (χ4v) is 5.44. The molecule has 0 radical (unpaired) electrons. The molecule has 1 saturated heterocycles. The molecule has 1 unspecified atom stereocenters. The molecule has 0 amide bonds. The van der Waals surface area contributed by atoms with E-state index < -0.39 is 26.7 Å². The van der Waals surface area contributed by atoms with Crippen molar-refractivity contribution >= 4 is 37.3 Å². The van der Waals surface area contributed by atoms with Gasteiger partial charge in [-0.2, -0.15) is 13.2 Å². The van der Waals surface area contributed by atoms with Gasteiger partial charge in [0.05, 0.1) is 47.6 Å². The second-order valence-electron chi connectivity index (χ2n) is 6.62. The normalized spacial score (nSPS) is 19.9. The summed E-state index contributed by atoms with van der Waals surface area (Å²) < 4.78 is 73.2. The van der Waals surface area contributed by atoms with Gasteiger partial charge in [0.2, 0.25) is 0 Å². The number of ether oxygens (including phenoxy) is 1. The number of hydrogen-bond acceptors (Lipinski definition) is 4. The van der Waals surface area contributed by atoms with Gasteiger partial charge < -0.3 is 9.64 Å². The smallest absolute Gasteiger partial charge is 0.377 e. The molecule has 2 aromatic rings. The lowest BCUT2D eigenvalue weighted by molar-refractivity contribution is -0.137. The van der Waals surface area contributed by atoms with Gasteiger partial charge >= 0.3 is 6.18 Å². The fraction of sp³-hybridized carbons (Fsp3) is 0.333. The Balaban J connectivity index is 1.82. The molecule has 0 bridgehead atoms. The average Bonchev–Trinajstić information content (AvgIpc) is 2.66. The van der Waals surface area contributed by atoms with E-state index in [2.05, 4.69) is 20.8 Å². The molecular formula is C18H16BrF3N2O3S. The van der Waals surface area contributed by atoms with Crippen LogP contribution in [0.15, 0.2) is 51.8 Å². The van der Waals surface area contributed by atoms with Crippen molar-refractivity contribution in [3.8, 4) is 0 Å². The molecule has 0 N–H and O–H groups in total. The largest absolute Gasteiger partial charge is 0.416 e. The molecule has 10 heteroatoms. The van der Waals surface area contributed by atoms with Crippen molar-refractivity contribution < 1.29 is 26.3 Å². The first-order valence-electron chi connectivity index (χ1n) is 8.52. The number of halogens is 4. The number of benzene rings is 2. The van der Waals surface area contributed by atoms with Crippen LogP contribution in [0.3, 0.4) is 0 Å². The lowest BCUT2D eigenvalue weighted by Crippen LogP contribution is -2.56. The molecule has 0 spiro atoms. The van der Waals surface area contributed by atoms with E-state index in [-0.39, 0.29) is 12.6 Å². The zero-order valence-corrected chi connectivity index (χ0v) is 16.9. The molecule has 150 valence electrons. The highest BCUT2D eigenvalue weighted by molar-refractivity contribution is 9.10. The van der Waals surface area contributed by atoms with E-state index in [1.807, 2.05) is 12.1 Å². The topological polar surface area (TPSA) is 49.9 Å². The summed E-state index contributed by atoms with van der Waals surface area (Å²) in [5.74, 6) is 0. The van der Waals surface area contributed by atoms with Crippen molar-refractivity contribution in [2.45, 2.75) is 17.1 Å². The van der Waals surface area contributed by atoms with Crippen LogP contribution < -0.4 is 9.21 Å². The Morgan fingerprint density at radius 3 is 2.64 bits per heavy atom. The molecule has 2 aromatic carbocycles. The maximum absolute atomic E-state index is 13.3. The van der Waals surface area contributed by atoms with Crippen LogP contribution in [0.25, 0.3) is 0 Å². The summed E-state index contributed by atoms with van der Waals surface area (Å²) in [5, 5.41) is 0. The molecule has 4 rings (SSSR count). The maximum Gasteiger partial charge on any atom is 0.416 e. The van der Waals surface area contributed by atoms with Gasteiger partial charge in [0.1, 0.15) is 0 Å². The third kappa shape index (κ3) is 3.37. The molecule has 0 aliphatic carbocycles. The first-order valence-corrected chi connectivity index (χ1v) is 10.8. The highest BCUT2D eigenvalue weighted by Gasteiger charge is 2.39. The lowest BCUT2D eigenvalue weighted by atomic mass is 10.1. The van der Waals surface area contributed by atoms with E-state index in [0.717, 1.165) is 17.8 Å². The second-order valence-corrected chi connectivity index (χ2v) is 9.39. The molecule has 5 nitrogen and oxygen atoms in total. The van der Waals surface area contributed by atoms with Crippen molar-refractivity contribution in [1.82, 2.24) is 0 Å². The molecule has 0 saturated carbocycles. The number of hydrogen-bond donors (Lipinski definition) is 0. The summed E-state index contributed by atoms with van der Waals surface area (Å²) in [7, 11) is -4.20. The first-order chi connectivity index (χ1) is 13.2. The Labute approximate surface area is 168 Å². The van der Waals surface area contributed by atoms with Gasteiger partial charge in [-0.1, -0.05) is 22.0 Å². The van der Waals surface area contributed by atoms with Crippen LogP contribution in [0.2, 0.25) is 0 Å². The Kier molecular flexibility index (Phi) is 4.83. The fourth-order valence-electron chi connectivity index (χ4n) is 3.54. The zero-order valence-electron chi connectivity index (χ0n) is 14.5. The van der Waals surface area contributed by atoms with Crippen LogP contribution >= 0.6 is 15.9 Å². The summed E-state index contributed by atoms with van der Waals surface area (Å²) in [6.07, 6.45) is -4.62. The number of anilines is 2. The van der Waals surface area contributed by atoms with Crippen LogP contribution in [0, 0.1) is 0 Å². The summed E-state index contributed by atoms with van der Waals surface area (Å²) in [6, 6.07) is 8.92. The van der Waals surface area contributed by atoms with Gasteiger partial charge in [0.25, 0.3) is 10.0 Å². The summed E-state index contributed by atoms with van der Waals surface area (Å²) in [4.78, 5) is 1.70. The van der Waals surface area contributed by atoms with E-state index >= 15 is 0 Å². The van der Waals surface area contributed by atoms with E-state index in [1.54, 1.807) is 6.07 Å². The SMILES string of the molecule is O=S(=O)(c1cccc(C(F)(F)F)c1)N1CC2COCCN2c2ccc(Br)cc21. The molecule has 1 fully saturated rings. The van der Waals surface area contributed by atoms with Crippen molar-refractivity contribution in [1.29, 1.82) is 0 Å². The van der Waals surface area contributed by atoms with Crippen LogP contribution in [0.1, 0.15) is 5.56 Å². The number of alkyl halides is 3. The lowest BCUT2D eigenvalue weighted by Gasteiger charge is -2.46. The quantitative estimate of drug-likeness (QED) is 0.659. The van der Waals surface area contributed by atoms with Crippen molar-refractivity contribution in [2.24, 2.45) is 0 Å². The Bertz CT molecular complexity index is 1010. The minimum atomic E-state index is -4.62. The second kappa shape index (κ2) is 6.93. The molecule has 2 aliphatic rings. The standard InChI is InChI=1S/C18H16BrF3N2O3S/c19-13-4-5-16-17(9-13)24(10-14-11-27-7-6-23(14)16)28(25,26)15-3-1-2-12(8-15)18(20,21)22/h1-5,8-9,14H,6-7,10-11H2. The molecule has 2 heterocycles. The molecular weight excluding hydrogens is 461 g/mol. The Morgan fingerprint density at radius 2 is 1.89 bits per heavy atom. The van der Waals surface area contributed by atoms with Gasteiger partial charge in [-0.25, -0.2) is 8.42 Å². The maximum atomic E-state index is 13.3. The monoisotopic (exact) mass is 476 g/mol. The van der Waals surface area contributed by atoms with Crippen molar-refractivity contribution in [3.63, 3.8) is 0 Å². The van der Waals surface area contributed by atoms with Gasteiger partial charge in [-0.15, -0.1) is 0 Å². The molecule has 28 heavy (non-hydrogen) atoms. The first kappa shape index (κ1) is 19.5. The number of nitrogens with zero attached hydrogens (tertiary/aromatic N) is 2. The highest BCUT2D eigenvalue weighted by atomic mass is 79.9. The van der Waals surface area contributed by atoms with Crippen LogP contribution in [0.4, 0.5) is 24.5 Å². The number of sulfonamides is 1. The summed E-state index contributed by atoms with van der Waals surface area (Å²) in [5.41, 5.74) is 0.158. The van der Waals surface area contributed by atoms with Crippen molar-refractivity contribution in [2.75, 3.05) is 35.5 Å². The van der Waals surface area contributed by atoms with E-state index in [9.17, 15) is 21.6 Å². The van der Waals surface area contributed by atoms with Gasteiger partial charge in [-0.05, 0) is 36.4 Å². The minimum absolute atomic E-state index is 0.0992. The van der Waals surface area contributed by atoms with Crippen LogP contribution in [-0.4, -0.2) is 40.8 Å². The van der Waals surface area contributed by atoms with Crippen molar-refractivity contribution in [3.05, 3.63) is 52.5 Å².